The van der Waals surface area contributed by atoms with Gasteiger partial charge in [-0.05, 0) is 17.9 Å². The van der Waals surface area contributed by atoms with Gasteiger partial charge in [-0.3, -0.25) is 4.79 Å². The fourth-order valence-electron chi connectivity index (χ4n) is 1.86. The molecular weight excluding hydrogens is 220 g/mol. The van der Waals surface area contributed by atoms with Gasteiger partial charge in [-0.15, -0.1) is 0 Å². The summed E-state index contributed by atoms with van der Waals surface area (Å²) in [5.41, 5.74) is 6.56. The highest BCUT2D eigenvalue weighted by atomic mass is 32.1. The Hall–Kier alpha value is -1.42. The van der Waals surface area contributed by atoms with E-state index in [0.717, 1.165) is 6.42 Å². The van der Waals surface area contributed by atoms with E-state index in [1.165, 1.54) is 5.56 Å². The predicted molar refractivity (Wildman–Crippen MR) is 67.1 cm³/mol. The molecule has 1 amide bonds. The maximum atomic E-state index is 11.7. The number of nitrogens with two attached hydrogens (primary N) is 1. The number of thiocarbonyl (C=S) groups is 1. The topological polar surface area (TPSA) is 55.1 Å². The van der Waals surface area contributed by atoms with Crippen LogP contribution in [0.25, 0.3) is 0 Å². The lowest BCUT2D eigenvalue weighted by molar-refractivity contribution is -0.122. The molecule has 0 aromatic heterocycles. The number of carbonyl (C=O) groups is 1. The SMILES string of the molecule is NC(=S)CNC(=O)C1CC1c1ccccc1. The quantitative estimate of drug-likeness (QED) is 0.769. The molecular formula is C12H14N2OS. The first-order valence-electron chi connectivity index (χ1n) is 5.29. The molecule has 0 heterocycles. The number of carbonyl (C=O) groups excluding carboxylic acids is 1. The van der Waals surface area contributed by atoms with E-state index in [1.54, 1.807) is 0 Å². The number of hydrogen-bond acceptors (Lipinski definition) is 2. The molecule has 0 spiro atoms. The standard InChI is InChI=1S/C12H14N2OS/c13-11(16)7-14-12(15)10-6-9(10)8-4-2-1-3-5-8/h1-5,9-10H,6-7H2,(H2,13,16)(H,14,15). The first-order valence-corrected chi connectivity index (χ1v) is 5.70. The molecule has 0 bridgehead atoms. The molecule has 16 heavy (non-hydrogen) atoms. The van der Waals surface area contributed by atoms with Gasteiger partial charge in [-0.1, -0.05) is 42.5 Å². The monoisotopic (exact) mass is 234 g/mol. The van der Waals surface area contributed by atoms with Crippen LogP contribution in [0.3, 0.4) is 0 Å². The molecule has 1 aromatic rings. The van der Waals surface area contributed by atoms with Gasteiger partial charge in [0.15, 0.2) is 0 Å². The van der Waals surface area contributed by atoms with Crippen LogP contribution in [-0.4, -0.2) is 17.4 Å². The zero-order chi connectivity index (χ0) is 11.5. The van der Waals surface area contributed by atoms with Gasteiger partial charge in [0.2, 0.25) is 5.91 Å². The van der Waals surface area contributed by atoms with Crippen LogP contribution >= 0.6 is 12.2 Å². The molecule has 2 rings (SSSR count). The number of hydrogen-bond donors (Lipinski definition) is 2. The van der Waals surface area contributed by atoms with Gasteiger partial charge < -0.3 is 11.1 Å². The van der Waals surface area contributed by atoms with Crippen molar-refractivity contribution in [1.29, 1.82) is 0 Å². The van der Waals surface area contributed by atoms with Crippen LogP contribution in [0.4, 0.5) is 0 Å². The van der Waals surface area contributed by atoms with Crippen molar-refractivity contribution in [3.05, 3.63) is 35.9 Å². The Morgan fingerprint density at radius 3 is 2.75 bits per heavy atom. The third-order valence-electron chi connectivity index (χ3n) is 2.79. The van der Waals surface area contributed by atoms with Crippen molar-refractivity contribution in [2.24, 2.45) is 11.7 Å². The van der Waals surface area contributed by atoms with Crippen molar-refractivity contribution in [3.8, 4) is 0 Å². The van der Waals surface area contributed by atoms with Gasteiger partial charge in [0.05, 0.1) is 11.5 Å². The molecule has 1 aliphatic rings. The van der Waals surface area contributed by atoms with Gasteiger partial charge in [-0.25, -0.2) is 0 Å². The first kappa shape index (κ1) is 11.1. The van der Waals surface area contributed by atoms with Gasteiger partial charge in [-0.2, -0.15) is 0 Å². The summed E-state index contributed by atoms with van der Waals surface area (Å²) in [7, 11) is 0. The van der Waals surface area contributed by atoms with E-state index in [4.69, 9.17) is 18.0 Å². The zero-order valence-electron chi connectivity index (χ0n) is 8.85. The van der Waals surface area contributed by atoms with Crippen LogP contribution in [0.15, 0.2) is 30.3 Å². The molecule has 1 aromatic carbocycles. The fraction of sp³-hybridized carbons (Fsp3) is 0.333. The lowest BCUT2D eigenvalue weighted by Crippen LogP contribution is -2.33. The molecule has 1 fully saturated rings. The third kappa shape index (κ3) is 2.58. The summed E-state index contributed by atoms with van der Waals surface area (Å²) in [6, 6.07) is 10.1. The van der Waals surface area contributed by atoms with E-state index >= 15 is 0 Å². The molecule has 1 saturated carbocycles. The third-order valence-corrected chi connectivity index (χ3v) is 2.94. The molecule has 3 N–H and O–H groups in total. The second-order valence-corrected chi connectivity index (χ2v) is 4.57. The molecule has 0 saturated heterocycles. The number of nitrogens with one attached hydrogen (secondary N) is 1. The molecule has 1 aliphatic carbocycles. The maximum Gasteiger partial charge on any atom is 0.224 e. The predicted octanol–water partition coefficient (Wildman–Crippen LogP) is 1.19. The maximum absolute atomic E-state index is 11.7. The molecule has 84 valence electrons. The van der Waals surface area contributed by atoms with Gasteiger partial charge in [0.25, 0.3) is 0 Å². The average molecular weight is 234 g/mol. The summed E-state index contributed by atoms with van der Waals surface area (Å²) in [4.78, 5) is 12.0. The summed E-state index contributed by atoms with van der Waals surface area (Å²) in [5, 5.41) is 2.74. The Kier molecular flexibility index (Phi) is 3.19. The fourth-order valence-corrected chi connectivity index (χ4v) is 1.93. The number of amides is 1. The minimum Gasteiger partial charge on any atom is -0.392 e. The summed E-state index contributed by atoms with van der Waals surface area (Å²) in [6.45, 7) is 0.298. The largest absolute Gasteiger partial charge is 0.392 e. The average Bonchev–Trinajstić information content (AvgIpc) is 3.07. The Morgan fingerprint density at radius 1 is 1.44 bits per heavy atom. The Morgan fingerprint density at radius 2 is 2.12 bits per heavy atom. The van der Waals surface area contributed by atoms with E-state index in [-0.39, 0.29) is 11.8 Å². The number of benzene rings is 1. The van der Waals surface area contributed by atoms with E-state index < -0.39 is 0 Å². The summed E-state index contributed by atoms with van der Waals surface area (Å²) >= 11 is 4.71. The van der Waals surface area contributed by atoms with Crippen molar-refractivity contribution < 1.29 is 4.79 Å². The van der Waals surface area contributed by atoms with Crippen LogP contribution in [-0.2, 0) is 4.79 Å². The van der Waals surface area contributed by atoms with Crippen molar-refractivity contribution >= 4 is 23.1 Å². The summed E-state index contributed by atoms with van der Waals surface area (Å²) < 4.78 is 0. The Balaban J connectivity index is 1.87. The molecule has 2 unspecified atom stereocenters. The van der Waals surface area contributed by atoms with Gasteiger partial charge >= 0.3 is 0 Å². The highest BCUT2D eigenvalue weighted by molar-refractivity contribution is 7.80. The van der Waals surface area contributed by atoms with Crippen molar-refractivity contribution in [1.82, 2.24) is 5.32 Å². The van der Waals surface area contributed by atoms with Crippen molar-refractivity contribution in [3.63, 3.8) is 0 Å². The van der Waals surface area contributed by atoms with E-state index in [2.05, 4.69) is 17.4 Å². The second-order valence-electron chi connectivity index (χ2n) is 4.04. The number of rotatable bonds is 4. The van der Waals surface area contributed by atoms with Crippen molar-refractivity contribution in [2.45, 2.75) is 12.3 Å². The molecule has 0 radical (unpaired) electrons. The van der Waals surface area contributed by atoms with Crippen molar-refractivity contribution in [2.75, 3.05) is 6.54 Å². The highest BCUT2D eigenvalue weighted by Gasteiger charge is 2.43. The normalized spacial score (nSPS) is 22.5. The van der Waals surface area contributed by atoms with Gasteiger partial charge in [0.1, 0.15) is 0 Å². The summed E-state index contributed by atoms with van der Waals surface area (Å²) in [6.07, 6.45) is 0.924. The molecule has 0 aliphatic heterocycles. The van der Waals surface area contributed by atoms with Crippen LogP contribution in [0.1, 0.15) is 17.9 Å². The van der Waals surface area contributed by atoms with Crippen LogP contribution < -0.4 is 11.1 Å². The molecule has 4 heteroatoms. The van der Waals surface area contributed by atoms with Crippen LogP contribution in [0.2, 0.25) is 0 Å². The van der Waals surface area contributed by atoms with E-state index in [9.17, 15) is 4.79 Å². The minimum absolute atomic E-state index is 0.0571. The highest BCUT2D eigenvalue weighted by Crippen LogP contribution is 2.47. The lowest BCUT2D eigenvalue weighted by Gasteiger charge is -2.03. The van der Waals surface area contributed by atoms with Crippen LogP contribution in [0, 0.1) is 5.92 Å². The summed E-state index contributed by atoms with van der Waals surface area (Å²) in [5.74, 6) is 0.519. The first-order chi connectivity index (χ1) is 7.68. The smallest absolute Gasteiger partial charge is 0.224 e. The van der Waals surface area contributed by atoms with E-state index in [1.807, 2.05) is 18.2 Å². The van der Waals surface area contributed by atoms with Crippen LogP contribution in [0.5, 0.6) is 0 Å². The Bertz CT molecular complexity index is 405. The van der Waals surface area contributed by atoms with E-state index in [0.29, 0.717) is 17.5 Å². The molecule has 3 nitrogen and oxygen atoms in total. The Labute approximate surface area is 100 Å². The zero-order valence-corrected chi connectivity index (χ0v) is 9.67. The van der Waals surface area contributed by atoms with Gasteiger partial charge in [0, 0.05) is 5.92 Å². The second kappa shape index (κ2) is 4.61. The lowest BCUT2D eigenvalue weighted by atomic mass is 10.1. The molecule has 2 atom stereocenters. The minimum atomic E-state index is 0.0571.